The topological polar surface area (TPSA) is 32.8 Å². The fraction of sp³-hybridized carbons (Fsp3) is 0.900. The van der Waals surface area contributed by atoms with E-state index in [4.69, 9.17) is 4.74 Å². The standard InChI is InChI=1S/C10H18N2O2/c1-8-7-14-10(13)12(8)9-3-5-11(2)6-4-9/h8-9H,3-7H2,1-2H3. The van der Waals surface area contributed by atoms with E-state index in [0.29, 0.717) is 12.6 Å². The highest BCUT2D eigenvalue weighted by Crippen LogP contribution is 2.22. The van der Waals surface area contributed by atoms with Crippen LogP contribution in [-0.2, 0) is 4.74 Å². The van der Waals surface area contributed by atoms with Crippen LogP contribution in [0.4, 0.5) is 4.79 Å². The molecule has 2 aliphatic heterocycles. The van der Waals surface area contributed by atoms with Crippen LogP contribution < -0.4 is 0 Å². The summed E-state index contributed by atoms with van der Waals surface area (Å²) in [6.07, 6.45) is 2.04. The number of rotatable bonds is 1. The van der Waals surface area contributed by atoms with E-state index in [-0.39, 0.29) is 12.1 Å². The fourth-order valence-corrected chi connectivity index (χ4v) is 2.31. The summed E-state index contributed by atoms with van der Waals surface area (Å²) in [7, 11) is 2.13. The zero-order valence-electron chi connectivity index (χ0n) is 8.90. The van der Waals surface area contributed by atoms with Crippen LogP contribution in [0.5, 0.6) is 0 Å². The summed E-state index contributed by atoms with van der Waals surface area (Å²) in [6.45, 7) is 4.79. The second-order valence-corrected chi connectivity index (χ2v) is 4.37. The van der Waals surface area contributed by atoms with Gasteiger partial charge >= 0.3 is 6.09 Å². The number of cyclic esters (lactones) is 1. The van der Waals surface area contributed by atoms with Gasteiger partial charge in [-0.1, -0.05) is 0 Å². The lowest BCUT2D eigenvalue weighted by Gasteiger charge is -2.35. The van der Waals surface area contributed by atoms with Crippen molar-refractivity contribution in [2.75, 3.05) is 26.7 Å². The van der Waals surface area contributed by atoms with Crippen molar-refractivity contribution >= 4 is 6.09 Å². The Morgan fingerprint density at radius 1 is 1.36 bits per heavy atom. The Morgan fingerprint density at radius 3 is 2.50 bits per heavy atom. The van der Waals surface area contributed by atoms with E-state index in [9.17, 15) is 4.79 Å². The minimum atomic E-state index is -0.118. The molecule has 0 radical (unpaired) electrons. The fourth-order valence-electron chi connectivity index (χ4n) is 2.31. The molecular formula is C10H18N2O2. The highest BCUT2D eigenvalue weighted by molar-refractivity contribution is 5.70. The highest BCUT2D eigenvalue weighted by atomic mass is 16.6. The van der Waals surface area contributed by atoms with E-state index in [1.807, 2.05) is 4.90 Å². The molecule has 4 nitrogen and oxygen atoms in total. The largest absolute Gasteiger partial charge is 0.447 e. The molecule has 1 unspecified atom stereocenters. The van der Waals surface area contributed by atoms with Gasteiger partial charge in [-0.2, -0.15) is 0 Å². The van der Waals surface area contributed by atoms with E-state index >= 15 is 0 Å². The molecule has 1 atom stereocenters. The molecule has 0 aliphatic carbocycles. The summed E-state index contributed by atoms with van der Waals surface area (Å²) >= 11 is 0. The van der Waals surface area contributed by atoms with Gasteiger partial charge in [0.1, 0.15) is 6.61 Å². The molecule has 4 heteroatoms. The van der Waals surface area contributed by atoms with E-state index in [0.717, 1.165) is 25.9 Å². The van der Waals surface area contributed by atoms with Crippen LogP contribution in [0.15, 0.2) is 0 Å². The highest BCUT2D eigenvalue weighted by Gasteiger charge is 2.36. The van der Waals surface area contributed by atoms with Crippen molar-refractivity contribution in [3.8, 4) is 0 Å². The minimum Gasteiger partial charge on any atom is -0.447 e. The maximum atomic E-state index is 11.5. The van der Waals surface area contributed by atoms with E-state index in [1.54, 1.807) is 0 Å². The zero-order chi connectivity index (χ0) is 10.1. The SMILES string of the molecule is CC1COC(=O)N1C1CCN(C)CC1. The predicted octanol–water partition coefficient (Wildman–Crippen LogP) is 0.921. The maximum Gasteiger partial charge on any atom is 0.410 e. The lowest BCUT2D eigenvalue weighted by Crippen LogP contribution is -2.46. The van der Waals surface area contributed by atoms with Gasteiger partial charge in [0, 0.05) is 6.04 Å². The third-order valence-electron chi connectivity index (χ3n) is 3.22. The summed E-state index contributed by atoms with van der Waals surface area (Å²) in [5.74, 6) is 0. The molecule has 2 aliphatic rings. The molecule has 2 fully saturated rings. The molecule has 0 aromatic heterocycles. The Kier molecular flexibility index (Phi) is 2.63. The van der Waals surface area contributed by atoms with Gasteiger partial charge in [-0.05, 0) is 39.9 Å². The van der Waals surface area contributed by atoms with Gasteiger partial charge in [0.2, 0.25) is 0 Å². The van der Waals surface area contributed by atoms with Gasteiger partial charge < -0.3 is 9.64 Å². The minimum absolute atomic E-state index is 0.118. The average molecular weight is 198 g/mol. The van der Waals surface area contributed by atoms with Crippen LogP contribution >= 0.6 is 0 Å². The molecule has 0 N–H and O–H groups in total. The Hall–Kier alpha value is -0.770. The molecule has 0 aromatic rings. The van der Waals surface area contributed by atoms with Gasteiger partial charge in [0.25, 0.3) is 0 Å². The number of carbonyl (C=O) groups is 1. The Balaban J connectivity index is 1.97. The summed E-state index contributed by atoms with van der Waals surface area (Å²) in [6, 6.07) is 0.659. The number of hydrogen-bond acceptors (Lipinski definition) is 3. The first-order chi connectivity index (χ1) is 6.68. The average Bonchev–Trinajstić information content (AvgIpc) is 2.49. The monoisotopic (exact) mass is 198 g/mol. The first-order valence-electron chi connectivity index (χ1n) is 5.32. The van der Waals surface area contributed by atoms with Crippen LogP contribution in [0.2, 0.25) is 0 Å². The van der Waals surface area contributed by atoms with Gasteiger partial charge in [0.15, 0.2) is 0 Å². The van der Waals surface area contributed by atoms with Crippen LogP contribution in [0.25, 0.3) is 0 Å². The number of carbonyl (C=O) groups excluding carboxylic acids is 1. The van der Waals surface area contributed by atoms with Gasteiger partial charge in [-0.15, -0.1) is 0 Å². The second kappa shape index (κ2) is 3.77. The lowest BCUT2D eigenvalue weighted by molar-refractivity contribution is 0.117. The number of likely N-dealkylation sites (tertiary alicyclic amines) is 1. The summed E-state index contributed by atoms with van der Waals surface area (Å²) in [5, 5.41) is 0. The first kappa shape index (κ1) is 9.77. The van der Waals surface area contributed by atoms with Gasteiger partial charge in [-0.25, -0.2) is 4.79 Å². The smallest absolute Gasteiger partial charge is 0.410 e. The third kappa shape index (κ3) is 1.71. The summed E-state index contributed by atoms with van der Waals surface area (Å²) < 4.78 is 5.03. The van der Waals surface area contributed by atoms with Crippen LogP contribution in [0, 0.1) is 0 Å². The van der Waals surface area contributed by atoms with Crippen molar-refractivity contribution in [3.63, 3.8) is 0 Å². The summed E-state index contributed by atoms with van der Waals surface area (Å²) in [5.41, 5.74) is 0. The molecule has 14 heavy (non-hydrogen) atoms. The quantitative estimate of drug-likeness (QED) is 0.628. The van der Waals surface area contributed by atoms with E-state index in [1.165, 1.54) is 0 Å². The van der Waals surface area contributed by atoms with E-state index < -0.39 is 0 Å². The molecule has 0 saturated carbocycles. The Labute approximate surface area is 84.8 Å². The summed E-state index contributed by atoms with van der Waals surface area (Å²) in [4.78, 5) is 15.7. The van der Waals surface area contributed by atoms with Crippen LogP contribution in [0.1, 0.15) is 19.8 Å². The Morgan fingerprint density at radius 2 is 2.00 bits per heavy atom. The number of ether oxygens (including phenoxy) is 1. The van der Waals surface area contributed by atoms with Crippen LogP contribution in [0.3, 0.4) is 0 Å². The van der Waals surface area contributed by atoms with Gasteiger partial charge in [-0.3, -0.25) is 4.90 Å². The van der Waals surface area contributed by atoms with Crippen molar-refractivity contribution in [1.29, 1.82) is 0 Å². The molecule has 80 valence electrons. The number of nitrogens with zero attached hydrogens (tertiary/aromatic N) is 2. The van der Waals surface area contributed by atoms with Crippen molar-refractivity contribution in [1.82, 2.24) is 9.80 Å². The molecular weight excluding hydrogens is 180 g/mol. The van der Waals surface area contributed by atoms with Crippen molar-refractivity contribution < 1.29 is 9.53 Å². The molecule has 2 saturated heterocycles. The van der Waals surface area contributed by atoms with Gasteiger partial charge in [0.05, 0.1) is 6.04 Å². The van der Waals surface area contributed by atoms with Crippen LogP contribution in [-0.4, -0.2) is 54.7 Å². The van der Waals surface area contributed by atoms with Crippen molar-refractivity contribution in [3.05, 3.63) is 0 Å². The lowest BCUT2D eigenvalue weighted by atomic mass is 10.0. The zero-order valence-corrected chi connectivity index (χ0v) is 8.90. The first-order valence-corrected chi connectivity index (χ1v) is 5.32. The second-order valence-electron chi connectivity index (χ2n) is 4.37. The third-order valence-corrected chi connectivity index (χ3v) is 3.22. The molecule has 2 heterocycles. The number of amides is 1. The molecule has 0 bridgehead atoms. The molecule has 0 spiro atoms. The normalized spacial score (nSPS) is 30.9. The number of piperidine rings is 1. The van der Waals surface area contributed by atoms with E-state index in [2.05, 4.69) is 18.9 Å². The van der Waals surface area contributed by atoms with Crippen molar-refractivity contribution in [2.24, 2.45) is 0 Å². The molecule has 1 amide bonds. The molecule has 2 rings (SSSR count). The maximum absolute atomic E-state index is 11.5. The predicted molar refractivity (Wildman–Crippen MR) is 53.2 cm³/mol. The van der Waals surface area contributed by atoms with Crippen molar-refractivity contribution in [2.45, 2.75) is 31.8 Å². The Bertz CT molecular complexity index is 224. The number of hydrogen-bond donors (Lipinski definition) is 0. The molecule has 0 aromatic carbocycles.